The second-order valence-electron chi connectivity index (χ2n) is 4.63. The van der Waals surface area contributed by atoms with Crippen molar-refractivity contribution >= 4 is 5.78 Å². The standard InChI is InChI=1S/C14H18FNO2/c1-16-14(8-4-3-5-13(14)17)11-9-10(18-2)6-7-12(11)15/h6-7,9,16H,3-5,8H2,1-2H3/t14-/m0/s1. The predicted octanol–water partition coefficient (Wildman–Crippen LogP) is 2.39. The zero-order valence-electron chi connectivity index (χ0n) is 10.8. The zero-order valence-corrected chi connectivity index (χ0v) is 10.8. The Morgan fingerprint density at radius 2 is 2.17 bits per heavy atom. The summed E-state index contributed by atoms with van der Waals surface area (Å²) >= 11 is 0. The lowest BCUT2D eigenvalue weighted by Crippen LogP contribution is -2.49. The molecule has 0 aliphatic heterocycles. The number of carbonyl (C=O) groups excluding carboxylic acids is 1. The van der Waals surface area contributed by atoms with Gasteiger partial charge in [-0.1, -0.05) is 6.42 Å². The lowest BCUT2D eigenvalue weighted by atomic mass is 9.75. The van der Waals surface area contributed by atoms with Crippen LogP contribution in [0, 0.1) is 5.82 Å². The first-order chi connectivity index (χ1) is 8.64. The maximum Gasteiger partial charge on any atom is 0.157 e. The average molecular weight is 251 g/mol. The summed E-state index contributed by atoms with van der Waals surface area (Å²) in [5.74, 6) is 0.267. The van der Waals surface area contributed by atoms with E-state index in [1.54, 1.807) is 19.2 Å². The summed E-state index contributed by atoms with van der Waals surface area (Å²) in [6.45, 7) is 0. The van der Waals surface area contributed by atoms with Gasteiger partial charge in [0.2, 0.25) is 0 Å². The molecule has 0 saturated heterocycles. The number of methoxy groups -OCH3 is 1. The third-order valence-electron chi connectivity index (χ3n) is 3.74. The summed E-state index contributed by atoms with van der Waals surface area (Å²) < 4.78 is 19.2. The molecule has 0 unspecified atom stereocenters. The molecule has 2 rings (SSSR count). The van der Waals surface area contributed by atoms with Crippen molar-refractivity contribution in [2.45, 2.75) is 31.2 Å². The molecule has 1 aromatic rings. The second kappa shape index (κ2) is 5.06. The number of ketones is 1. The van der Waals surface area contributed by atoms with Crippen molar-refractivity contribution in [2.75, 3.05) is 14.2 Å². The van der Waals surface area contributed by atoms with Gasteiger partial charge < -0.3 is 10.1 Å². The van der Waals surface area contributed by atoms with Gasteiger partial charge >= 0.3 is 0 Å². The molecule has 4 heteroatoms. The number of hydrogen-bond donors (Lipinski definition) is 1. The number of halogens is 1. The minimum absolute atomic E-state index is 0.0587. The quantitative estimate of drug-likeness (QED) is 0.896. The van der Waals surface area contributed by atoms with Crippen LogP contribution in [-0.4, -0.2) is 19.9 Å². The SMILES string of the molecule is CN[C@]1(c2cc(OC)ccc2F)CCCCC1=O. The van der Waals surface area contributed by atoms with Gasteiger partial charge in [0.1, 0.15) is 17.1 Å². The molecule has 0 bridgehead atoms. The molecule has 1 saturated carbocycles. The lowest BCUT2D eigenvalue weighted by Gasteiger charge is -2.36. The van der Waals surface area contributed by atoms with Crippen LogP contribution in [0.2, 0.25) is 0 Å². The van der Waals surface area contributed by atoms with Gasteiger partial charge in [0.25, 0.3) is 0 Å². The van der Waals surface area contributed by atoms with Gasteiger partial charge in [-0.15, -0.1) is 0 Å². The molecule has 1 aromatic carbocycles. The van der Waals surface area contributed by atoms with Crippen LogP contribution >= 0.6 is 0 Å². The summed E-state index contributed by atoms with van der Waals surface area (Å²) in [4.78, 5) is 12.2. The van der Waals surface area contributed by atoms with Gasteiger partial charge in [0.05, 0.1) is 7.11 Å². The molecule has 0 radical (unpaired) electrons. The molecule has 0 heterocycles. The Bertz CT molecular complexity index is 461. The number of likely N-dealkylation sites (N-methyl/N-ethyl adjacent to an activating group) is 1. The molecule has 1 atom stereocenters. The Morgan fingerprint density at radius 3 is 2.78 bits per heavy atom. The molecule has 18 heavy (non-hydrogen) atoms. The normalized spacial score (nSPS) is 24.1. The van der Waals surface area contributed by atoms with E-state index >= 15 is 0 Å². The van der Waals surface area contributed by atoms with E-state index in [-0.39, 0.29) is 11.6 Å². The maximum atomic E-state index is 14.0. The highest BCUT2D eigenvalue weighted by Crippen LogP contribution is 2.36. The van der Waals surface area contributed by atoms with Crippen molar-refractivity contribution in [3.05, 3.63) is 29.6 Å². The monoisotopic (exact) mass is 251 g/mol. The minimum Gasteiger partial charge on any atom is -0.497 e. The van der Waals surface area contributed by atoms with Gasteiger partial charge in [-0.25, -0.2) is 4.39 Å². The summed E-state index contributed by atoms with van der Waals surface area (Å²) in [5.41, 5.74) is -0.495. The fourth-order valence-corrected chi connectivity index (χ4v) is 2.67. The van der Waals surface area contributed by atoms with Gasteiger partial charge in [-0.3, -0.25) is 4.79 Å². The van der Waals surface area contributed by atoms with E-state index in [9.17, 15) is 9.18 Å². The lowest BCUT2D eigenvalue weighted by molar-refractivity contribution is -0.127. The van der Waals surface area contributed by atoms with Crippen molar-refractivity contribution in [1.29, 1.82) is 0 Å². The van der Waals surface area contributed by atoms with Crippen LogP contribution in [0.3, 0.4) is 0 Å². The Labute approximate surface area is 106 Å². The summed E-state index contributed by atoms with van der Waals surface area (Å²) in [6.07, 6.45) is 2.93. The van der Waals surface area contributed by atoms with E-state index < -0.39 is 5.54 Å². The molecule has 1 N–H and O–H groups in total. The van der Waals surface area contributed by atoms with E-state index in [0.29, 0.717) is 24.2 Å². The van der Waals surface area contributed by atoms with Crippen molar-refractivity contribution in [3.8, 4) is 5.75 Å². The molecule has 1 fully saturated rings. The van der Waals surface area contributed by atoms with Crippen molar-refractivity contribution in [1.82, 2.24) is 5.32 Å². The number of benzene rings is 1. The van der Waals surface area contributed by atoms with Crippen LogP contribution in [0.1, 0.15) is 31.2 Å². The minimum atomic E-state index is -0.892. The molecule has 0 aromatic heterocycles. The van der Waals surface area contributed by atoms with Crippen LogP contribution in [0.15, 0.2) is 18.2 Å². The average Bonchev–Trinajstić information content (AvgIpc) is 2.40. The number of rotatable bonds is 3. The van der Waals surface area contributed by atoms with Gasteiger partial charge in [-0.2, -0.15) is 0 Å². The Morgan fingerprint density at radius 1 is 1.39 bits per heavy atom. The fraction of sp³-hybridized carbons (Fsp3) is 0.500. The van der Waals surface area contributed by atoms with E-state index in [1.165, 1.54) is 13.2 Å². The molecule has 3 nitrogen and oxygen atoms in total. The van der Waals surface area contributed by atoms with Crippen LogP contribution in [0.4, 0.5) is 4.39 Å². The number of ether oxygens (including phenoxy) is 1. The molecule has 0 spiro atoms. The molecular weight excluding hydrogens is 233 g/mol. The van der Waals surface area contributed by atoms with Gasteiger partial charge in [0.15, 0.2) is 5.78 Å². The number of Topliss-reactive ketones (excluding diaryl/α,β-unsaturated/α-hetero) is 1. The largest absolute Gasteiger partial charge is 0.497 e. The number of hydrogen-bond acceptors (Lipinski definition) is 3. The summed E-state index contributed by atoms with van der Waals surface area (Å²) in [5, 5.41) is 3.03. The Balaban J connectivity index is 2.52. The zero-order chi connectivity index (χ0) is 13.2. The second-order valence-corrected chi connectivity index (χ2v) is 4.63. The van der Waals surface area contributed by atoms with Gasteiger partial charge in [0, 0.05) is 12.0 Å². The first-order valence-corrected chi connectivity index (χ1v) is 6.20. The third-order valence-corrected chi connectivity index (χ3v) is 3.74. The highest BCUT2D eigenvalue weighted by atomic mass is 19.1. The van der Waals surface area contributed by atoms with Crippen molar-refractivity contribution in [2.24, 2.45) is 0 Å². The van der Waals surface area contributed by atoms with E-state index in [2.05, 4.69) is 5.32 Å². The number of nitrogens with one attached hydrogen (secondary N) is 1. The van der Waals surface area contributed by atoms with E-state index in [0.717, 1.165) is 12.8 Å². The highest BCUT2D eigenvalue weighted by Gasteiger charge is 2.42. The van der Waals surface area contributed by atoms with Crippen LogP contribution in [0.5, 0.6) is 5.75 Å². The summed E-state index contributed by atoms with van der Waals surface area (Å²) in [6, 6.07) is 4.54. The molecule has 1 aliphatic carbocycles. The van der Waals surface area contributed by atoms with Crippen molar-refractivity contribution < 1.29 is 13.9 Å². The fourth-order valence-electron chi connectivity index (χ4n) is 2.67. The van der Waals surface area contributed by atoms with Gasteiger partial charge in [-0.05, 0) is 38.1 Å². The molecule has 98 valence electrons. The maximum absolute atomic E-state index is 14.0. The smallest absolute Gasteiger partial charge is 0.157 e. The molecule has 0 amide bonds. The van der Waals surface area contributed by atoms with E-state index in [1.807, 2.05) is 0 Å². The number of carbonyl (C=O) groups is 1. The highest BCUT2D eigenvalue weighted by molar-refractivity contribution is 5.90. The van der Waals surface area contributed by atoms with Crippen LogP contribution < -0.4 is 10.1 Å². The van der Waals surface area contributed by atoms with Crippen LogP contribution in [-0.2, 0) is 10.3 Å². The summed E-state index contributed by atoms with van der Waals surface area (Å²) in [7, 11) is 3.24. The van der Waals surface area contributed by atoms with E-state index in [4.69, 9.17) is 4.74 Å². The first-order valence-electron chi connectivity index (χ1n) is 6.20. The Hall–Kier alpha value is -1.42. The predicted molar refractivity (Wildman–Crippen MR) is 67.2 cm³/mol. The first kappa shape index (κ1) is 13.0. The molecule has 1 aliphatic rings. The Kier molecular flexibility index (Phi) is 3.66. The third kappa shape index (κ3) is 2.01. The topological polar surface area (TPSA) is 38.3 Å². The molecular formula is C14H18FNO2. The van der Waals surface area contributed by atoms with Crippen molar-refractivity contribution in [3.63, 3.8) is 0 Å². The van der Waals surface area contributed by atoms with Crippen LogP contribution in [0.25, 0.3) is 0 Å².